The van der Waals surface area contributed by atoms with Crippen molar-refractivity contribution in [3.05, 3.63) is 107 Å². The molecule has 0 saturated carbocycles. The van der Waals surface area contributed by atoms with Crippen LogP contribution in [-0.2, 0) is 23.2 Å². The lowest BCUT2D eigenvalue weighted by Crippen LogP contribution is -2.49. The molecule has 0 aromatic heterocycles. The number of piperidine rings is 1. The molecular weight excluding hydrogens is 428 g/mol. The van der Waals surface area contributed by atoms with Gasteiger partial charge in [0, 0.05) is 38.1 Å². The standard InChI is InChI=1S/C32H36N2O/c35-31(34-20-17-27(18-21-34)26-12-5-2-6-13-26)30-23-33(22-25-10-3-1-4-11-25)24-32(30)19-9-15-28-14-7-8-16-29(28)32/h1-8,10-14,16,27,30H,9,15,17-24H2. The molecule has 2 heterocycles. The van der Waals surface area contributed by atoms with E-state index in [1.165, 1.54) is 28.7 Å². The Morgan fingerprint density at radius 2 is 1.54 bits per heavy atom. The van der Waals surface area contributed by atoms with Gasteiger partial charge in [-0.3, -0.25) is 9.69 Å². The summed E-state index contributed by atoms with van der Waals surface area (Å²) < 4.78 is 0. The maximum absolute atomic E-state index is 14.2. The van der Waals surface area contributed by atoms with Crippen LogP contribution in [0.15, 0.2) is 84.9 Å². The lowest BCUT2D eigenvalue weighted by atomic mass is 9.64. The Kier molecular flexibility index (Phi) is 6.20. The molecule has 3 aliphatic rings. The molecule has 180 valence electrons. The summed E-state index contributed by atoms with van der Waals surface area (Å²) in [7, 11) is 0. The van der Waals surface area contributed by atoms with Crippen LogP contribution in [-0.4, -0.2) is 41.9 Å². The number of rotatable bonds is 4. The first-order valence-corrected chi connectivity index (χ1v) is 13.4. The fourth-order valence-electron chi connectivity index (χ4n) is 7.14. The molecule has 0 radical (unpaired) electrons. The SMILES string of the molecule is O=C(C1CN(Cc2ccccc2)CC12CCCc1ccccc12)N1CCC(c2ccccc2)CC1. The lowest BCUT2D eigenvalue weighted by molar-refractivity contribution is -0.138. The highest BCUT2D eigenvalue weighted by atomic mass is 16.2. The molecule has 2 saturated heterocycles. The van der Waals surface area contributed by atoms with Gasteiger partial charge in [0.15, 0.2) is 0 Å². The fourth-order valence-corrected chi connectivity index (χ4v) is 7.14. The summed E-state index contributed by atoms with van der Waals surface area (Å²) in [6, 6.07) is 30.6. The fraction of sp³-hybridized carbons (Fsp3) is 0.406. The predicted molar refractivity (Wildman–Crippen MR) is 141 cm³/mol. The van der Waals surface area contributed by atoms with Crippen LogP contribution in [0, 0.1) is 5.92 Å². The molecule has 2 atom stereocenters. The molecule has 3 aromatic rings. The van der Waals surface area contributed by atoms with Crippen molar-refractivity contribution < 1.29 is 4.79 Å². The van der Waals surface area contributed by atoms with E-state index in [0.717, 1.165) is 58.4 Å². The summed E-state index contributed by atoms with van der Waals surface area (Å²) in [5.41, 5.74) is 5.60. The minimum atomic E-state index is -0.0585. The molecule has 1 aliphatic carbocycles. The first-order valence-electron chi connectivity index (χ1n) is 13.4. The van der Waals surface area contributed by atoms with Crippen molar-refractivity contribution in [2.24, 2.45) is 5.92 Å². The molecule has 3 heteroatoms. The minimum absolute atomic E-state index is 0.0425. The number of aryl methyl sites for hydroxylation is 1. The maximum atomic E-state index is 14.2. The summed E-state index contributed by atoms with van der Waals surface area (Å²) in [6.07, 6.45) is 5.57. The molecule has 35 heavy (non-hydrogen) atoms. The first kappa shape index (κ1) is 22.5. The highest BCUT2D eigenvalue weighted by Crippen LogP contribution is 2.48. The zero-order valence-electron chi connectivity index (χ0n) is 20.6. The zero-order valence-corrected chi connectivity index (χ0v) is 20.6. The van der Waals surface area contributed by atoms with Crippen molar-refractivity contribution in [2.45, 2.75) is 50.0 Å². The van der Waals surface area contributed by atoms with Gasteiger partial charge in [-0.05, 0) is 60.3 Å². The largest absolute Gasteiger partial charge is 0.342 e. The number of nitrogens with zero attached hydrogens (tertiary/aromatic N) is 2. The van der Waals surface area contributed by atoms with Crippen molar-refractivity contribution in [3.8, 4) is 0 Å². The number of hydrogen-bond donors (Lipinski definition) is 0. The maximum Gasteiger partial charge on any atom is 0.227 e. The number of likely N-dealkylation sites (tertiary alicyclic amines) is 2. The number of amides is 1. The number of carbonyl (C=O) groups is 1. The normalized spacial score (nSPS) is 25.0. The Hall–Kier alpha value is -2.91. The van der Waals surface area contributed by atoms with E-state index in [9.17, 15) is 4.79 Å². The Balaban J connectivity index is 1.26. The van der Waals surface area contributed by atoms with Crippen LogP contribution in [0.3, 0.4) is 0 Å². The van der Waals surface area contributed by atoms with Gasteiger partial charge in [-0.1, -0.05) is 84.9 Å². The van der Waals surface area contributed by atoms with E-state index in [-0.39, 0.29) is 11.3 Å². The van der Waals surface area contributed by atoms with E-state index in [4.69, 9.17) is 0 Å². The van der Waals surface area contributed by atoms with E-state index >= 15 is 0 Å². The lowest BCUT2D eigenvalue weighted by Gasteiger charge is -2.42. The monoisotopic (exact) mass is 464 g/mol. The van der Waals surface area contributed by atoms with Crippen LogP contribution in [0.1, 0.15) is 53.9 Å². The molecule has 6 rings (SSSR count). The minimum Gasteiger partial charge on any atom is -0.342 e. The van der Waals surface area contributed by atoms with E-state index in [0.29, 0.717) is 11.8 Å². The summed E-state index contributed by atoms with van der Waals surface area (Å²) >= 11 is 0. The van der Waals surface area contributed by atoms with Crippen LogP contribution in [0.4, 0.5) is 0 Å². The molecule has 2 aliphatic heterocycles. The van der Waals surface area contributed by atoms with Gasteiger partial charge in [0.25, 0.3) is 0 Å². The van der Waals surface area contributed by atoms with Gasteiger partial charge >= 0.3 is 0 Å². The summed E-state index contributed by atoms with van der Waals surface area (Å²) in [5.74, 6) is 1.01. The highest BCUT2D eigenvalue weighted by Gasteiger charge is 2.53. The smallest absolute Gasteiger partial charge is 0.227 e. The highest BCUT2D eigenvalue weighted by molar-refractivity contribution is 5.82. The van der Waals surface area contributed by atoms with Crippen molar-refractivity contribution in [1.29, 1.82) is 0 Å². The average Bonchev–Trinajstić information content (AvgIpc) is 3.27. The predicted octanol–water partition coefficient (Wildman–Crippen LogP) is 5.80. The van der Waals surface area contributed by atoms with E-state index in [1.807, 2.05) is 0 Å². The third kappa shape index (κ3) is 4.31. The Bertz CT molecular complexity index is 1150. The Morgan fingerprint density at radius 1 is 0.857 bits per heavy atom. The molecule has 0 N–H and O–H groups in total. The number of benzene rings is 3. The number of hydrogen-bond acceptors (Lipinski definition) is 2. The second kappa shape index (κ2) is 9.62. The summed E-state index contributed by atoms with van der Waals surface area (Å²) in [6.45, 7) is 4.53. The Labute approximate surface area is 209 Å². The topological polar surface area (TPSA) is 23.6 Å². The number of fused-ring (bicyclic) bond motifs is 2. The Morgan fingerprint density at radius 3 is 2.31 bits per heavy atom. The molecule has 1 spiro atoms. The molecule has 3 nitrogen and oxygen atoms in total. The van der Waals surface area contributed by atoms with E-state index in [1.54, 1.807) is 0 Å². The van der Waals surface area contributed by atoms with E-state index in [2.05, 4.69) is 94.7 Å². The molecule has 0 bridgehead atoms. The van der Waals surface area contributed by atoms with Crippen LogP contribution in [0.5, 0.6) is 0 Å². The van der Waals surface area contributed by atoms with E-state index < -0.39 is 0 Å². The van der Waals surface area contributed by atoms with Crippen molar-refractivity contribution in [1.82, 2.24) is 9.80 Å². The van der Waals surface area contributed by atoms with Gasteiger partial charge in [0.1, 0.15) is 0 Å². The van der Waals surface area contributed by atoms with Crippen LogP contribution >= 0.6 is 0 Å². The molecule has 3 aromatic carbocycles. The summed E-state index contributed by atoms with van der Waals surface area (Å²) in [5, 5.41) is 0. The van der Waals surface area contributed by atoms with Crippen LogP contribution in [0.25, 0.3) is 0 Å². The van der Waals surface area contributed by atoms with Gasteiger partial charge in [0.05, 0.1) is 5.92 Å². The van der Waals surface area contributed by atoms with Gasteiger partial charge < -0.3 is 4.90 Å². The molecule has 1 amide bonds. The third-order valence-corrected chi connectivity index (χ3v) is 8.86. The van der Waals surface area contributed by atoms with Gasteiger partial charge in [-0.2, -0.15) is 0 Å². The second-order valence-electron chi connectivity index (χ2n) is 10.9. The second-order valence-corrected chi connectivity index (χ2v) is 10.9. The van der Waals surface area contributed by atoms with Crippen molar-refractivity contribution in [3.63, 3.8) is 0 Å². The summed E-state index contributed by atoms with van der Waals surface area (Å²) in [4.78, 5) is 19.0. The zero-order chi connectivity index (χ0) is 23.7. The van der Waals surface area contributed by atoms with Gasteiger partial charge in [-0.15, -0.1) is 0 Å². The van der Waals surface area contributed by atoms with Gasteiger partial charge in [0.2, 0.25) is 5.91 Å². The van der Waals surface area contributed by atoms with Crippen molar-refractivity contribution in [2.75, 3.05) is 26.2 Å². The van der Waals surface area contributed by atoms with Crippen LogP contribution < -0.4 is 0 Å². The molecule has 2 fully saturated rings. The van der Waals surface area contributed by atoms with Crippen LogP contribution in [0.2, 0.25) is 0 Å². The van der Waals surface area contributed by atoms with Gasteiger partial charge in [-0.25, -0.2) is 0 Å². The van der Waals surface area contributed by atoms with Crippen molar-refractivity contribution >= 4 is 5.91 Å². The molecule has 2 unspecified atom stereocenters. The average molecular weight is 465 g/mol. The molecular formula is C32H36N2O. The first-order chi connectivity index (χ1) is 17.2. The third-order valence-electron chi connectivity index (χ3n) is 8.86. The number of carbonyl (C=O) groups excluding carboxylic acids is 1. The quantitative estimate of drug-likeness (QED) is 0.487.